The predicted molar refractivity (Wildman–Crippen MR) is 128 cm³/mol. The molecule has 6 nitrogen and oxygen atoms in total. The van der Waals surface area contributed by atoms with Crippen LogP contribution in [0.15, 0.2) is 30.3 Å². The second kappa shape index (κ2) is 9.86. The molecule has 0 aliphatic carbocycles. The number of aryl methyl sites for hydroxylation is 4. The van der Waals surface area contributed by atoms with Crippen molar-refractivity contribution in [3.8, 4) is 0 Å². The summed E-state index contributed by atoms with van der Waals surface area (Å²) in [6.45, 7) is 15.6. The molecular weight excluding hydrogens is 388 g/mol. The van der Waals surface area contributed by atoms with E-state index in [1.54, 1.807) is 0 Å². The van der Waals surface area contributed by atoms with E-state index in [2.05, 4.69) is 67.6 Å². The van der Waals surface area contributed by atoms with Crippen molar-refractivity contribution in [3.63, 3.8) is 0 Å². The standard InChI is InChI=1S/C25H34N4O2/c1-7-28(8-2)20-10-11-21(19(6)14-20)27-25(30)31-13-12-24-26-22-15-17(4)18(5)16-23(22)29(24)9-3/h10-11,14-16H,7-9,12-13H2,1-6H3,(H,27,30). The Hall–Kier alpha value is -3.02. The fourth-order valence-corrected chi connectivity index (χ4v) is 3.93. The molecule has 0 unspecified atom stereocenters. The summed E-state index contributed by atoms with van der Waals surface area (Å²) >= 11 is 0. The summed E-state index contributed by atoms with van der Waals surface area (Å²) in [5, 5.41) is 2.86. The van der Waals surface area contributed by atoms with Crippen LogP contribution in [0, 0.1) is 20.8 Å². The van der Waals surface area contributed by atoms with Gasteiger partial charge in [-0.3, -0.25) is 5.32 Å². The fourth-order valence-electron chi connectivity index (χ4n) is 3.93. The highest BCUT2D eigenvalue weighted by atomic mass is 16.5. The molecule has 1 heterocycles. The van der Waals surface area contributed by atoms with Crippen LogP contribution in [0.2, 0.25) is 0 Å². The lowest BCUT2D eigenvalue weighted by atomic mass is 10.1. The Morgan fingerprint density at radius 3 is 2.39 bits per heavy atom. The maximum Gasteiger partial charge on any atom is 0.411 e. The number of hydrogen-bond acceptors (Lipinski definition) is 4. The zero-order chi connectivity index (χ0) is 22.5. The van der Waals surface area contributed by atoms with Crippen LogP contribution >= 0.6 is 0 Å². The van der Waals surface area contributed by atoms with Crippen LogP contribution in [0.4, 0.5) is 16.2 Å². The van der Waals surface area contributed by atoms with Gasteiger partial charge in [-0.2, -0.15) is 0 Å². The second-order valence-corrected chi connectivity index (χ2v) is 7.88. The number of carbonyl (C=O) groups is 1. The quantitative estimate of drug-likeness (QED) is 0.512. The van der Waals surface area contributed by atoms with Crippen LogP contribution in [-0.4, -0.2) is 35.3 Å². The minimum atomic E-state index is -0.440. The highest BCUT2D eigenvalue weighted by molar-refractivity contribution is 5.86. The van der Waals surface area contributed by atoms with Crippen molar-refractivity contribution in [1.82, 2.24) is 9.55 Å². The fraction of sp³-hybridized carbons (Fsp3) is 0.440. The van der Waals surface area contributed by atoms with E-state index in [1.165, 1.54) is 11.1 Å². The molecule has 0 bridgehead atoms. The number of nitrogens with one attached hydrogen (secondary N) is 1. The van der Waals surface area contributed by atoms with Gasteiger partial charge in [0.05, 0.1) is 11.0 Å². The number of aromatic nitrogens is 2. The average Bonchev–Trinajstić information content (AvgIpc) is 3.07. The summed E-state index contributed by atoms with van der Waals surface area (Å²) < 4.78 is 7.65. The summed E-state index contributed by atoms with van der Waals surface area (Å²) in [5.74, 6) is 0.940. The first-order chi connectivity index (χ1) is 14.9. The van der Waals surface area contributed by atoms with Crippen molar-refractivity contribution in [2.24, 2.45) is 0 Å². The van der Waals surface area contributed by atoms with Gasteiger partial charge in [-0.25, -0.2) is 9.78 Å². The molecular formula is C25H34N4O2. The number of rotatable bonds is 8. The summed E-state index contributed by atoms with van der Waals surface area (Å²) in [4.78, 5) is 19.4. The van der Waals surface area contributed by atoms with Crippen LogP contribution in [0.5, 0.6) is 0 Å². The number of fused-ring (bicyclic) bond motifs is 1. The van der Waals surface area contributed by atoms with Crippen molar-refractivity contribution in [2.75, 3.05) is 29.9 Å². The lowest BCUT2D eigenvalue weighted by molar-refractivity contribution is 0.162. The van der Waals surface area contributed by atoms with E-state index >= 15 is 0 Å². The highest BCUT2D eigenvalue weighted by Gasteiger charge is 2.13. The van der Waals surface area contributed by atoms with Gasteiger partial charge < -0.3 is 14.2 Å². The minimum absolute atomic E-state index is 0.281. The third kappa shape index (κ3) is 5.01. The summed E-state index contributed by atoms with van der Waals surface area (Å²) in [6.07, 6.45) is 0.137. The molecule has 0 fully saturated rings. The van der Waals surface area contributed by atoms with Gasteiger partial charge >= 0.3 is 6.09 Å². The molecule has 0 spiro atoms. The highest BCUT2D eigenvalue weighted by Crippen LogP contribution is 2.23. The Balaban J connectivity index is 1.62. The number of nitrogens with zero attached hydrogens (tertiary/aromatic N) is 3. The van der Waals surface area contributed by atoms with Gasteiger partial charge in [-0.1, -0.05) is 0 Å². The van der Waals surface area contributed by atoms with Gasteiger partial charge in [0.2, 0.25) is 0 Å². The lowest BCUT2D eigenvalue weighted by Crippen LogP contribution is -2.22. The SMILES string of the molecule is CCN(CC)c1ccc(NC(=O)OCCc2nc3cc(C)c(C)cc3n2CC)c(C)c1. The maximum absolute atomic E-state index is 12.3. The number of anilines is 2. The molecule has 0 saturated carbocycles. The molecule has 1 N–H and O–H groups in total. The second-order valence-electron chi connectivity index (χ2n) is 7.88. The van der Waals surface area contributed by atoms with E-state index < -0.39 is 6.09 Å². The van der Waals surface area contributed by atoms with E-state index in [0.29, 0.717) is 6.42 Å². The van der Waals surface area contributed by atoms with E-state index in [-0.39, 0.29) is 6.61 Å². The third-order valence-corrected chi connectivity index (χ3v) is 5.89. The van der Waals surface area contributed by atoms with Crippen LogP contribution in [0.3, 0.4) is 0 Å². The molecule has 0 radical (unpaired) electrons. The molecule has 1 aromatic heterocycles. The van der Waals surface area contributed by atoms with Crippen molar-refractivity contribution in [1.29, 1.82) is 0 Å². The van der Waals surface area contributed by atoms with Crippen molar-refractivity contribution < 1.29 is 9.53 Å². The number of ether oxygens (including phenoxy) is 1. The Bertz CT molecular complexity index is 1070. The number of hydrogen-bond donors (Lipinski definition) is 1. The first kappa shape index (κ1) is 22.7. The van der Waals surface area contributed by atoms with Crippen molar-refractivity contribution in [2.45, 2.75) is 54.5 Å². The number of imidazole rings is 1. The molecule has 2 aromatic carbocycles. The molecule has 0 aliphatic heterocycles. The molecule has 0 aliphatic rings. The van der Waals surface area contributed by atoms with Gasteiger partial charge in [0, 0.05) is 37.4 Å². The monoisotopic (exact) mass is 422 g/mol. The Morgan fingerprint density at radius 1 is 1.03 bits per heavy atom. The van der Waals surface area contributed by atoms with Crippen LogP contribution in [0.25, 0.3) is 11.0 Å². The normalized spacial score (nSPS) is 11.0. The molecule has 1 amide bonds. The summed E-state index contributed by atoms with van der Waals surface area (Å²) in [6, 6.07) is 10.4. The van der Waals surface area contributed by atoms with Gasteiger partial charge in [0.1, 0.15) is 12.4 Å². The molecule has 6 heteroatoms. The molecule has 166 valence electrons. The van der Waals surface area contributed by atoms with Gasteiger partial charge in [0.15, 0.2) is 0 Å². The van der Waals surface area contributed by atoms with E-state index in [1.807, 2.05) is 19.1 Å². The van der Waals surface area contributed by atoms with Crippen molar-refractivity contribution >= 4 is 28.5 Å². The Morgan fingerprint density at radius 2 is 1.74 bits per heavy atom. The lowest BCUT2D eigenvalue weighted by Gasteiger charge is -2.22. The van der Waals surface area contributed by atoms with E-state index in [9.17, 15) is 4.79 Å². The van der Waals surface area contributed by atoms with Crippen LogP contribution in [-0.2, 0) is 17.7 Å². The molecule has 0 saturated heterocycles. The zero-order valence-corrected chi connectivity index (χ0v) is 19.6. The van der Waals surface area contributed by atoms with Crippen LogP contribution in [0.1, 0.15) is 43.3 Å². The first-order valence-corrected chi connectivity index (χ1v) is 11.1. The Labute approximate surface area is 185 Å². The smallest absolute Gasteiger partial charge is 0.411 e. The van der Waals surface area contributed by atoms with Crippen molar-refractivity contribution in [3.05, 3.63) is 52.8 Å². The first-order valence-electron chi connectivity index (χ1n) is 11.1. The maximum atomic E-state index is 12.3. The summed E-state index contributed by atoms with van der Waals surface area (Å²) in [7, 11) is 0. The van der Waals surface area contributed by atoms with E-state index in [0.717, 1.165) is 53.4 Å². The zero-order valence-electron chi connectivity index (χ0n) is 19.6. The summed E-state index contributed by atoms with van der Waals surface area (Å²) in [5.41, 5.74) is 7.56. The largest absolute Gasteiger partial charge is 0.449 e. The molecule has 3 aromatic rings. The Kier molecular flexibility index (Phi) is 7.21. The number of benzene rings is 2. The van der Waals surface area contributed by atoms with E-state index in [4.69, 9.17) is 9.72 Å². The van der Waals surface area contributed by atoms with Gasteiger partial charge in [0.25, 0.3) is 0 Å². The number of carbonyl (C=O) groups excluding carboxylic acids is 1. The molecule has 0 atom stereocenters. The molecule has 3 rings (SSSR count). The van der Waals surface area contributed by atoms with Crippen LogP contribution < -0.4 is 10.2 Å². The molecule has 31 heavy (non-hydrogen) atoms. The average molecular weight is 423 g/mol. The minimum Gasteiger partial charge on any atom is -0.449 e. The predicted octanol–water partition coefficient (Wildman–Crippen LogP) is 5.62. The third-order valence-electron chi connectivity index (χ3n) is 5.89. The topological polar surface area (TPSA) is 59.4 Å². The van der Waals surface area contributed by atoms with Gasteiger partial charge in [-0.05, 0) is 88.6 Å². The number of amides is 1. The van der Waals surface area contributed by atoms with Gasteiger partial charge in [-0.15, -0.1) is 0 Å².